The van der Waals surface area contributed by atoms with Crippen molar-refractivity contribution < 1.29 is 19.1 Å². The molecule has 0 aromatic heterocycles. The molecule has 6 nitrogen and oxygen atoms in total. The minimum atomic E-state index is -0.675. The summed E-state index contributed by atoms with van der Waals surface area (Å²) in [5.74, 6) is -0.991. The summed E-state index contributed by atoms with van der Waals surface area (Å²) in [7, 11) is 0. The molecule has 1 rings (SSSR count). The van der Waals surface area contributed by atoms with Gasteiger partial charge in [-0.3, -0.25) is 9.59 Å². The SMILES string of the molecule is CCNC(=O)[C@H](C)NC(=O)COC(=O)c1ccc(C(C)C)cc1. The molecule has 2 amide bonds. The van der Waals surface area contributed by atoms with Gasteiger partial charge in [-0.1, -0.05) is 26.0 Å². The Labute approximate surface area is 136 Å². The number of esters is 1. The number of amides is 2. The van der Waals surface area contributed by atoms with Gasteiger partial charge in [0.2, 0.25) is 5.91 Å². The molecule has 0 heterocycles. The van der Waals surface area contributed by atoms with Crippen molar-refractivity contribution in [1.29, 1.82) is 0 Å². The summed E-state index contributed by atoms with van der Waals surface area (Å²) < 4.78 is 4.95. The van der Waals surface area contributed by atoms with Crippen LogP contribution in [0.15, 0.2) is 24.3 Å². The van der Waals surface area contributed by atoms with E-state index in [0.29, 0.717) is 18.0 Å². The summed E-state index contributed by atoms with van der Waals surface area (Å²) in [5, 5.41) is 5.06. The van der Waals surface area contributed by atoms with E-state index in [2.05, 4.69) is 24.5 Å². The van der Waals surface area contributed by atoms with Crippen molar-refractivity contribution in [2.24, 2.45) is 0 Å². The monoisotopic (exact) mass is 320 g/mol. The number of nitrogens with one attached hydrogen (secondary N) is 2. The van der Waals surface area contributed by atoms with E-state index in [1.165, 1.54) is 0 Å². The lowest BCUT2D eigenvalue weighted by Crippen LogP contribution is -2.46. The maximum Gasteiger partial charge on any atom is 0.338 e. The fourth-order valence-electron chi connectivity index (χ4n) is 1.89. The Bertz CT molecular complexity index is 552. The summed E-state index contributed by atoms with van der Waals surface area (Å²) in [6.45, 7) is 7.55. The van der Waals surface area contributed by atoms with Crippen LogP contribution in [0.25, 0.3) is 0 Å². The molecule has 2 N–H and O–H groups in total. The minimum absolute atomic E-state index is 0.281. The molecule has 1 aromatic rings. The van der Waals surface area contributed by atoms with Gasteiger partial charge >= 0.3 is 5.97 Å². The van der Waals surface area contributed by atoms with Gasteiger partial charge in [0.1, 0.15) is 6.04 Å². The van der Waals surface area contributed by atoms with Crippen molar-refractivity contribution in [1.82, 2.24) is 10.6 Å². The molecule has 0 bridgehead atoms. The van der Waals surface area contributed by atoms with Crippen LogP contribution in [0.5, 0.6) is 0 Å². The number of likely N-dealkylation sites (N-methyl/N-ethyl adjacent to an activating group) is 1. The second-order valence-electron chi connectivity index (χ2n) is 5.54. The van der Waals surface area contributed by atoms with Crippen LogP contribution < -0.4 is 10.6 Å². The lowest BCUT2D eigenvalue weighted by Gasteiger charge is -2.13. The first-order valence-electron chi connectivity index (χ1n) is 7.69. The lowest BCUT2D eigenvalue weighted by molar-refractivity contribution is -0.130. The van der Waals surface area contributed by atoms with Crippen molar-refractivity contribution in [2.45, 2.75) is 39.7 Å². The number of rotatable bonds is 7. The molecular formula is C17H24N2O4. The number of hydrogen-bond acceptors (Lipinski definition) is 4. The lowest BCUT2D eigenvalue weighted by atomic mass is 10.0. The zero-order valence-corrected chi connectivity index (χ0v) is 14.0. The average molecular weight is 320 g/mol. The molecule has 0 aliphatic heterocycles. The average Bonchev–Trinajstić information content (AvgIpc) is 2.52. The predicted octanol–water partition coefficient (Wildman–Crippen LogP) is 1.61. The fourth-order valence-corrected chi connectivity index (χ4v) is 1.89. The third-order valence-corrected chi connectivity index (χ3v) is 3.27. The highest BCUT2D eigenvalue weighted by Crippen LogP contribution is 2.15. The summed E-state index contributed by atoms with van der Waals surface area (Å²) in [6, 6.07) is 6.39. The summed E-state index contributed by atoms with van der Waals surface area (Å²) in [5.41, 5.74) is 1.51. The van der Waals surface area contributed by atoms with Crippen LogP contribution in [-0.2, 0) is 14.3 Å². The molecule has 0 saturated carbocycles. The van der Waals surface area contributed by atoms with E-state index in [0.717, 1.165) is 5.56 Å². The zero-order chi connectivity index (χ0) is 17.4. The molecule has 1 atom stereocenters. The van der Waals surface area contributed by atoms with Crippen LogP contribution >= 0.6 is 0 Å². The molecule has 0 aliphatic carbocycles. The second kappa shape index (κ2) is 8.92. The Kier molecular flexibility index (Phi) is 7.25. The normalized spacial score (nSPS) is 11.7. The first kappa shape index (κ1) is 18.7. The van der Waals surface area contributed by atoms with Gasteiger partial charge in [-0.25, -0.2) is 4.79 Å². The Morgan fingerprint density at radius 1 is 1.09 bits per heavy atom. The van der Waals surface area contributed by atoms with Crippen molar-refractivity contribution in [2.75, 3.05) is 13.2 Å². The minimum Gasteiger partial charge on any atom is -0.452 e. The summed E-state index contributed by atoms with van der Waals surface area (Å²) in [4.78, 5) is 35.0. The van der Waals surface area contributed by atoms with Gasteiger partial charge < -0.3 is 15.4 Å². The van der Waals surface area contributed by atoms with Crippen LogP contribution in [0.1, 0.15) is 49.5 Å². The fraction of sp³-hybridized carbons (Fsp3) is 0.471. The van der Waals surface area contributed by atoms with Crippen LogP contribution in [0.3, 0.4) is 0 Å². The molecule has 0 spiro atoms. The highest BCUT2D eigenvalue weighted by Gasteiger charge is 2.16. The maximum atomic E-state index is 11.9. The van der Waals surface area contributed by atoms with Gasteiger partial charge in [0.25, 0.3) is 5.91 Å². The first-order chi connectivity index (χ1) is 10.8. The standard InChI is InChI=1S/C17H24N2O4/c1-5-18-16(21)12(4)19-15(20)10-23-17(22)14-8-6-13(7-9-14)11(2)3/h6-9,11-12H,5,10H2,1-4H3,(H,18,21)(H,19,20)/t12-/m0/s1. The largest absolute Gasteiger partial charge is 0.452 e. The molecule has 23 heavy (non-hydrogen) atoms. The van der Waals surface area contributed by atoms with E-state index in [-0.39, 0.29) is 5.91 Å². The maximum absolute atomic E-state index is 11.9. The number of carbonyl (C=O) groups excluding carboxylic acids is 3. The van der Waals surface area contributed by atoms with E-state index in [1.807, 2.05) is 12.1 Å². The Balaban J connectivity index is 2.46. The third-order valence-electron chi connectivity index (χ3n) is 3.27. The summed E-state index contributed by atoms with van der Waals surface area (Å²) >= 11 is 0. The Morgan fingerprint density at radius 3 is 2.22 bits per heavy atom. The Morgan fingerprint density at radius 2 is 1.70 bits per heavy atom. The number of carbonyl (C=O) groups is 3. The molecule has 126 valence electrons. The quantitative estimate of drug-likeness (QED) is 0.748. The van der Waals surface area contributed by atoms with Crippen molar-refractivity contribution >= 4 is 17.8 Å². The first-order valence-corrected chi connectivity index (χ1v) is 7.69. The van der Waals surface area contributed by atoms with Gasteiger partial charge in [-0.2, -0.15) is 0 Å². The van der Waals surface area contributed by atoms with Gasteiger partial charge in [0, 0.05) is 6.54 Å². The van der Waals surface area contributed by atoms with Crippen LogP contribution in [0.4, 0.5) is 0 Å². The Hall–Kier alpha value is -2.37. The highest BCUT2D eigenvalue weighted by atomic mass is 16.5. The van der Waals surface area contributed by atoms with Gasteiger partial charge in [-0.05, 0) is 37.5 Å². The zero-order valence-electron chi connectivity index (χ0n) is 14.0. The summed E-state index contributed by atoms with van der Waals surface area (Å²) in [6.07, 6.45) is 0. The van der Waals surface area contributed by atoms with Gasteiger partial charge in [0.05, 0.1) is 5.56 Å². The number of hydrogen-bond donors (Lipinski definition) is 2. The molecule has 1 aromatic carbocycles. The number of ether oxygens (including phenoxy) is 1. The van der Waals surface area contributed by atoms with Crippen LogP contribution in [-0.4, -0.2) is 37.0 Å². The topological polar surface area (TPSA) is 84.5 Å². The van der Waals surface area contributed by atoms with Crippen molar-refractivity contribution in [3.63, 3.8) is 0 Å². The number of benzene rings is 1. The van der Waals surface area contributed by atoms with Crippen LogP contribution in [0.2, 0.25) is 0 Å². The van der Waals surface area contributed by atoms with Gasteiger partial charge in [0.15, 0.2) is 6.61 Å². The van der Waals surface area contributed by atoms with Crippen molar-refractivity contribution in [3.8, 4) is 0 Å². The molecule has 0 saturated heterocycles. The molecule has 6 heteroatoms. The smallest absolute Gasteiger partial charge is 0.338 e. The van der Waals surface area contributed by atoms with E-state index in [9.17, 15) is 14.4 Å². The van der Waals surface area contributed by atoms with E-state index in [4.69, 9.17) is 4.74 Å². The third kappa shape index (κ3) is 6.10. The molecule has 0 aliphatic rings. The van der Waals surface area contributed by atoms with E-state index < -0.39 is 24.5 Å². The predicted molar refractivity (Wildman–Crippen MR) is 87.1 cm³/mol. The molecule has 0 unspecified atom stereocenters. The second-order valence-corrected chi connectivity index (χ2v) is 5.54. The highest BCUT2D eigenvalue weighted by molar-refractivity contribution is 5.92. The van der Waals surface area contributed by atoms with Crippen LogP contribution in [0, 0.1) is 0 Å². The van der Waals surface area contributed by atoms with E-state index >= 15 is 0 Å². The molecule has 0 fully saturated rings. The van der Waals surface area contributed by atoms with Gasteiger partial charge in [-0.15, -0.1) is 0 Å². The molecular weight excluding hydrogens is 296 g/mol. The molecule has 0 radical (unpaired) electrons. The van der Waals surface area contributed by atoms with E-state index in [1.54, 1.807) is 26.0 Å². The van der Waals surface area contributed by atoms with Crippen molar-refractivity contribution in [3.05, 3.63) is 35.4 Å².